The monoisotopic (exact) mass is 365 g/mol. The molecule has 0 bridgehead atoms. The van der Waals surface area contributed by atoms with Crippen LogP contribution >= 0.6 is 0 Å². The van der Waals surface area contributed by atoms with Gasteiger partial charge in [-0.2, -0.15) is 4.31 Å². The number of rotatable bonds is 7. The molecule has 1 fully saturated rings. The number of sulfone groups is 1. The lowest BCUT2D eigenvalue weighted by atomic mass is 10.3. The predicted molar refractivity (Wildman–Crippen MR) is 85.1 cm³/mol. The largest absolute Gasteiger partial charge is 0.492 e. The third kappa shape index (κ3) is 4.89. The number of benzene rings is 1. The van der Waals surface area contributed by atoms with Gasteiger partial charge >= 0.3 is 0 Å². The molecule has 1 heterocycles. The summed E-state index contributed by atoms with van der Waals surface area (Å²) < 4.78 is 67.2. The van der Waals surface area contributed by atoms with Crippen molar-refractivity contribution in [1.29, 1.82) is 0 Å². The lowest BCUT2D eigenvalue weighted by Gasteiger charge is -2.25. The standard InChI is InChI=1S/C14H20FNO5S2/c1-2-16(13-7-9-22(17,18)11-13)23(19,20)10-8-21-14-5-3-12(15)4-6-14/h3-6,13H,2,7-11H2,1H3. The average Bonchev–Trinajstić information content (AvgIpc) is 2.81. The highest BCUT2D eigenvalue weighted by Crippen LogP contribution is 2.21. The normalized spacial score (nSPS) is 20.7. The van der Waals surface area contributed by atoms with E-state index >= 15 is 0 Å². The van der Waals surface area contributed by atoms with Gasteiger partial charge in [-0.05, 0) is 30.7 Å². The molecule has 2 rings (SSSR count). The van der Waals surface area contributed by atoms with Crippen LogP contribution in [-0.2, 0) is 19.9 Å². The summed E-state index contributed by atoms with van der Waals surface area (Å²) in [5, 5.41) is 0. The zero-order chi connectivity index (χ0) is 17.1. The van der Waals surface area contributed by atoms with Gasteiger partial charge < -0.3 is 4.74 Å². The van der Waals surface area contributed by atoms with Crippen LogP contribution in [-0.4, -0.2) is 57.6 Å². The third-order valence-corrected chi connectivity index (χ3v) is 7.41. The van der Waals surface area contributed by atoms with Crippen LogP contribution in [0.3, 0.4) is 0 Å². The Kier molecular flexibility index (Phi) is 5.64. The van der Waals surface area contributed by atoms with Crippen LogP contribution in [0.4, 0.5) is 4.39 Å². The first-order valence-electron chi connectivity index (χ1n) is 7.32. The summed E-state index contributed by atoms with van der Waals surface area (Å²) in [4.78, 5) is 0. The van der Waals surface area contributed by atoms with Gasteiger partial charge in [-0.25, -0.2) is 21.2 Å². The molecule has 0 saturated carbocycles. The topological polar surface area (TPSA) is 80.8 Å². The van der Waals surface area contributed by atoms with Crippen molar-refractivity contribution in [3.05, 3.63) is 30.1 Å². The van der Waals surface area contributed by atoms with Gasteiger partial charge in [0.05, 0.1) is 17.3 Å². The molecule has 0 amide bonds. The quantitative estimate of drug-likeness (QED) is 0.721. The van der Waals surface area contributed by atoms with Crippen LogP contribution in [0.5, 0.6) is 5.75 Å². The van der Waals surface area contributed by atoms with E-state index in [4.69, 9.17) is 4.74 Å². The molecule has 9 heteroatoms. The maximum absolute atomic E-state index is 12.8. The van der Waals surface area contributed by atoms with Crippen molar-refractivity contribution in [2.75, 3.05) is 30.4 Å². The number of halogens is 1. The first-order valence-corrected chi connectivity index (χ1v) is 10.7. The number of hydrogen-bond acceptors (Lipinski definition) is 5. The van der Waals surface area contributed by atoms with E-state index in [1.807, 2.05) is 0 Å². The number of nitrogens with zero attached hydrogens (tertiary/aromatic N) is 1. The van der Waals surface area contributed by atoms with Crippen LogP contribution < -0.4 is 4.74 Å². The van der Waals surface area contributed by atoms with Gasteiger partial charge in [0.25, 0.3) is 0 Å². The highest BCUT2D eigenvalue weighted by molar-refractivity contribution is 7.92. The Morgan fingerprint density at radius 3 is 2.48 bits per heavy atom. The van der Waals surface area contributed by atoms with Crippen molar-refractivity contribution >= 4 is 19.9 Å². The number of ether oxygens (including phenoxy) is 1. The fraction of sp³-hybridized carbons (Fsp3) is 0.571. The van der Waals surface area contributed by atoms with Crippen molar-refractivity contribution in [3.63, 3.8) is 0 Å². The van der Waals surface area contributed by atoms with Crippen LogP contribution in [0.2, 0.25) is 0 Å². The molecule has 23 heavy (non-hydrogen) atoms. The molecule has 1 unspecified atom stereocenters. The van der Waals surface area contributed by atoms with Gasteiger partial charge in [-0.3, -0.25) is 0 Å². The van der Waals surface area contributed by atoms with E-state index in [1.165, 1.54) is 28.6 Å². The summed E-state index contributed by atoms with van der Waals surface area (Å²) in [7, 11) is -6.77. The number of sulfonamides is 1. The minimum atomic E-state index is -3.61. The molecular weight excluding hydrogens is 345 g/mol. The molecule has 0 aliphatic carbocycles. The van der Waals surface area contributed by atoms with E-state index in [-0.39, 0.29) is 30.4 Å². The number of hydrogen-bond donors (Lipinski definition) is 0. The third-order valence-electron chi connectivity index (χ3n) is 3.71. The second-order valence-electron chi connectivity index (χ2n) is 5.38. The maximum Gasteiger partial charge on any atom is 0.217 e. The Balaban J connectivity index is 1.95. The zero-order valence-corrected chi connectivity index (χ0v) is 14.4. The minimum Gasteiger partial charge on any atom is -0.492 e. The lowest BCUT2D eigenvalue weighted by Crippen LogP contribution is -2.43. The molecule has 0 spiro atoms. The molecule has 6 nitrogen and oxygen atoms in total. The molecule has 0 aromatic heterocycles. The van der Waals surface area contributed by atoms with Gasteiger partial charge in [-0.1, -0.05) is 6.92 Å². The van der Waals surface area contributed by atoms with Gasteiger partial charge in [0.2, 0.25) is 10.0 Å². The highest BCUT2D eigenvalue weighted by atomic mass is 32.2. The van der Waals surface area contributed by atoms with Crippen molar-refractivity contribution < 1.29 is 26.0 Å². The Labute approximate surface area is 136 Å². The minimum absolute atomic E-state index is 0.0236. The summed E-state index contributed by atoms with van der Waals surface area (Å²) in [5.41, 5.74) is 0. The van der Waals surface area contributed by atoms with Crippen LogP contribution in [0, 0.1) is 5.82 Å². The molecule has 0 radical (unpaired) electrons. The first kappa shape index (κ1) is 18.2. The molecular formula is C14H20FNO5S2. The molecule has 1 atom stereocenters. The highest BCUT2D eigenvalue weighted by Gasteiger charge is 2.36. The Morgan fingerprint density at radius 1 is 1.30 bits per heavy atom. The van der Waals surface area contributed by atoms with E-state index in [2.05, 4.69) is 0 Å². The van der Waals surface area contributed by atoms with E-state index in [0.717, 1.165) is 0 Å². The Bertz CT molecular complexity index is 731. The lowest BCUT2D eigenvalue weighted by molar-refractivity contribution is 0.323. The molecule has 0 N–H and O–H groups in total. The van der Waals surface area contributed by atoms with Gasteiger partial charge in [0.15, 0.2) is 9.84 Å². The zero-order valence-electron chi connectivity index (χ0n) is 12.8. The van der Waals surface area contributed by atoms with Crippen LogP contribution in [0.1, 0.15) is 13.3 Å². The summed E-state index contributed by atoms with van der Waals surface area (Å²) in [5.74, 6) is -0.374. The summed E-state index contributed by atoms with van der Waals surface area (Å²) in [6.45, 7) is 1.83. The van der Waals surface area contributed by atoms with Crippen molar-refractivity contribution in [2.45, 2.75) is 19.4 Å². The smallest absolute Gasteiger partial charge is 0.217 e. The molecule has 1 aliphatic rings. The average molecular weight is 365 g/mol. The van der Waals surface area contributed by atoms with Crippen molar-refractivity contribution in [1.82, 2.24) is 4.31 Å². The Hall–Kier alpha value is -1.19. The van der Waals surface area contributed by atoms with E-state index in [0.29, 0.717) is 12.2 Å². The molecule has 1 saturated heterocycles. The van der Waals surface area contributed by atoms with Gasteiger partial charge in [0, 0.05) is 12.6 Å². The second kappa shape index (κ2) is 7.14. The van der Waals surface area contributed by atoms with Gasteiger partial charge in [0.1, 0.15) is 18.2 Å². The fourth-order valence-electron chi connectivity index (χ4n) is 2.60. The van der Waals surface area contributed by atoms with Gasteiger partial charge in [-0.15, -0.1) is 0 Å². The van der Waals surface area contributed by atoms with E-state index < -0.39 is 31.7 Å². The van der Waals surface area contributed by atoms with Crippen LogP contribution in [0.25, 0.3) is 0 Å². The molecule has 1 aliphatic heterocycles. The predicted octanol–water partition coefficient (Wildman–Crippen LogP) is 1.04. The summed E-state index contributed by atoms with van der Waals surface area (Å²) in [6.07, 6.45) is 0.328. The van der Waals surface area contributed by atoms with Crippen molar-refractivity contribution in [2.24, 2.45) is 0 Å². The van der Waals surface area contributed by atoms with Crippen LogP contribution in [0.15, 0.2) is 24.3 Å². The molecule has 130 valence electrons. The molecule has 1 aromatic carbocycles. The maximum atomic E-state index is 12.8. The summed E-state index contributed by atoms with van der Waals surface area (Å²) >= 11 is 0. The van der Waals surface area contributed by atoms with E-state index in [1.54, 1.807) is 6.92 Å². The first-order chi connectivity index (χ1) is 10.7. The molecule has 1 aromatic rings. The SMILES string of the molecule is CCN(C1CCS(=O)(=O)C1)S(=O)(=O)CCOc1ccc(F)cc1. The second-order valence-corrected chi connectivity index (χ2v) is 9.65. The Morgan fingerprint density at radius 2 is 1.96 bits per heavy atom. The van der Waals surface area contributed by atoms with E-state index in [9.17, 15) is 21.2 Å². The summed E-state index contributed by atoms with van der Waals surface area (Å²) in [6, 6.07) is 4.80. The fourth-order valence-corrected chi connectivity index (χ4v) is 5.98. The van der Waals surface area contributed by atoms with Crippen molar-refractivity contribution in [3.8, 4) is 5.75 Å².